The van der Waals surface area contributed by atoms with Crippen LogP contribution in [0.25, 0.3) is 0 Å². The van der Waals surface area contributed by atoms with Crippen LogP contribution in [0.3, 0.4) is 0 Å². The molecule has 0 spiro atoms. The quantitative estimate of drug-likeness (QED) is 0.671. The van der Waals surface area contributed by atoms with Gasteiger partial charge in [0, 0.05) is 12.6 Å². The van der Waals surface area contributed by atoms with Crippen molar-refractivity contribution in [3.05, 3.63) is 0 Å². The Morgan fingerprint density at radius 3 is 2.67 bits per heavy atom. The summed E-state index contributed by atoms with van der Waals surface area (Å²) in [5.74, 6) is 0. The van der Waals surface area contributed by atoms with Gasteiger partial charge in [-0.05, 0) is 39.7 Å². The third kappa shape index (κ3) is 4.96. The van der Waals surface area contributed by atoms with Gasteiger partial charge in [0.15, 0.2) is 0 Å². The predicted octanol–water partition coefficient (Wildman–Crippen LogP) is 1.96. The van der Waals surface area contributed by atoms with E-state index in [-0.39, 0.29) is 6.10 Å². The highest BCUT2D eigenvalue weighted by Crippen LogP contribution is 2.24. The van der Waals surface area contributed by atoms with Crippen LogP contribution >= 0.6 is 0 Å². The maximum atomic E-state index is 5.83. The SMILES string of the molecule is CCCNC1CC(OC(C)COCC)C1. The molecule has 90 valence electrons. The molecule has 0 saturated heterocycles. The van der Waals surface area contributed by atoms with Crippen LogP contribution in [-0.2, 0) is 9.47 Å². The third-order valence-electron chi connectivity index (χ3n) is 2.76. The fraction of sp³-hybridized carbons (Fsp3) is 1.00. The topological polar surface area (TPSA) is 30.5 Å². The molecular formula is C12H25NO2. The lowest BCUT2D eigenvalue weighted by Gasteiger charge is -2.37. The van der Waals surface area contributed by atoms with Crippen LogP contribution in [-0.4, -0.2) is 38.0 Å². The summed E-state index contributed by atoms with van der Waals surface area (Å²) in [6, 6.07) is 0.689. The normalized spacial score (nSPS) is 27.4. The molecular weight excluding hydrogens is 190 g/mol. The van der Waals surface area contributed by atoms with Gasteiger partial charge < -0.3 is 14.8 Å². The molecule has 1 aliphatic carbocycles. The zero-order chi connectivity index (χ0) is 11.1. The molecule has 1 rings (SSSR count). The highest BCUT2D eigenvalue weighted by molar-refractivity contribution is 4.86. The van der Waals surface area contributed by atoms with Gasteiger partial charge in [-0.15, -0.1) is 0 Å². The highest BCUT2D eigenvalue weighted by atomic mass is 16.5. The average molecular weight is 215 g/mol. The van der Waals surface area contributed by atoms with Crippen LogP contribution in [0.15, 0.2) is 0 Å². The van der Waals surface area contributed by atoms with E-state index >= 15 is 0 Å². The van der Waals surface area contributed by atoms with E-state index < -0.39 is 0 Å². The summed E-state index contributed by atoms with van der Waals surface area (Å²) in [7, 11) is 0. The summed E-state index contributed by atoms with van der Waals surface area (Å²) in [6.45, 7) is 8.93. The molecule has 0 aromatic rings. The minimum absolute atomic E-state index is 0.238. The Labute approximate surface area is 93.5 Å². The Hall–Kier alpha value is -0.120. The summed E-state index contributed by atoms with van der Waals surface area (Å²) in [5, 5.41) is 3.50. The van der Waals surface area contributed by atoms with Crippen molar-refractivity contribution in [1.29, 1.82) is 0 Å². The lowest BCUT2D eigenvalue weighted by atomic mass is 9.89. The van der Waals surface area contributed by atoms with Crippen molar-refractivity contribution in [3.63, 3.8) is 0 Å². The van der Waals surface area contributed by atoms with E-state index in [1.165, 1.54) is 6.42 Å². The molecule has 15 heavy (non-hydrogen) atoms. The molecule has 1 unspecified atom stereocenters. The Bertz CT molecular complexity index is 158. The fourth-order valence-corrected chi connectivity index (χ4v) is 1.84. The van der Waals surface area contributed by atoms with Crippen LogP contribution in [0.4, 0.5) is 0 Å². The standard InChI is InChI=1S/C12H25NO2/c1-4-6-13-11-7-12(8-11)15-10(3)9-14-5-2/h10-13H,4-9H2,1-3H3. The zero-order valence-corrected chi connectivity index (χ0v) is 10.3. The first-order chi connectivity index (χ1) is 7.26. The molecule has 0 amide bonds. The van der Waals surface area contributed by atoms with Crippen molar-refractivity contribution in [1.82, 2.24) is 5.32 Å². The molecule has 3 nitrogen and oxygen atoms in total. The molecule has 0 aromatic heterocycles. The van der Waals surface area contributed by atoms with Gasteiger partial charge in [0.05, 0.1) is 18.8 Å². The number of hydrogen-bond acceptors (Lipinski definition) is 3. The number of rotatable bonds is 8. The molecule has 0 aromatic carbocycles. The minimum atomic E-state index is 0.238. The van der Waals surface area contributed by atoms with Gasteiger partial charge >= 0.3 is 0 Å². The van der Waals surface area contributed by atoms with Crippen molar-refractivity contribution in [3.8, 4) is 0 Å². The first-order valence-electron chi connectivity index (χ1n) is 6.22. The first kappa shape index (κ1) is 12.9. The smallest absolute Gasteiger partial charge is 0.0784 e. The number of nitrogens with one attached hydrogen (secondary N) is 1. The monoisotopic (exact) mass is 215 g/mol. The third-order valence-corrected chi connectivity index (χ3v) is 2.76. The summed E-state index contributed by atoms with van der Waals surface area (Å²) in [6.07, 6.45) is 4.23. The molecule has 1 atom stereocenters. The van der Waals surface area contributed by atoms with Crippen LogP contribution in [0.5, 0.6) is 0 Å². The van der Waals surface area contributed by atoms with Crippen molar-refractivity contribution in [2.24, 2.45) is 0 Å². The van der Waals surface area contributed by atoms with Crippen molar-refractivity contribution in [2.75, 3.05) is 19.8 Å². The van der Waals surface area contributed by atoms with E-state index in [0.29, 0.717) is 12.1 Å². The number of hydrogen-bond donors (Lipinski definition) is 1. The molecule has 0 bridgehead atoms. The van der Waals surface area contributed by atoms with Crippen molar-refractivity contribution >= 4 is 0 Å². The van der Waals surface area contributed by atoms with Gasteiger partial charge in [-0.2, -0.15) is 0 Å². The maximum absolute atomic E-state index is 5.83. The van der Waals surface area contributed by atoms with E-state index in [4.69, 9.17) is 9.47 Å². The Morgan fingerprint density at radius 1 is 1.33 bits per heavy atom. The van der Waals surface area contributed by atoms with Gasteiger partial charge in [0.2, 0.25) is 0 Å². The van der Waals surface area contributed by atoms with Gasteiger partial charge in [0.1, 0.15) is 0 Å². The molecule has 1 aliphatic rings. The molecule has 1 saturated carbocycles. The molecule has 0 radical (unpaired) electrons. The molecule has 0 heterocycles. The van der Waals surface area contributed by atoms with Gasteiger partial charge in [0.25, 0.3) is 0 Å². The summed E-state index contributed by atoms with van der Waals surface area (Å²) >= 11 is 0. The van der Waals surface area contributed by atoms with Crippen LogP contribution in [0.1, 0.15) is 40.0 Å². The fourth-order valence-electron chi connectivity index (χ4n) is 1.84. The van der Waals surface area contributed by atoms with Gasteiger partial charge in [-0.3, -0.25) is 0 Å². The van der Waals surface area contributed by atoms with E-state index in [2.05, 4.69) is 19.2 Å². The van der Waals surface area contributed by atoms with Crippen LogP contribution in [0.2, 0.25) is 0 Å². The Morgan fingerprint density at radius 2 is 2.07 bits per heavy atom. The predicted molar refractivity (Wildman–Crippen MR) is 62.1 cm³/mol. The highest BCUT2D eigenvalue weighted by Gasteiger charge is 2.30. The largest absolute Gasteiger partial charge is 0.379 e. The van der Waals surface area contributed by atoms with E-state index in [0.717, 1.165) is 32.6 Å². The molecule has 1 fully saturated rings. The van der Waals surface area contributed by atoms with E-state index in [1.54, 1.807) is 0 Å². The molecule has 1 N–H and O–H groups in total. The van der Waals surface area contributed by atoms with E-state index in [9.17, 15) is 0 Å². The molecule has 3 heteroatoms. The lowest BCUT2D eigenvalue weighted by molar-refractivity contribution is -0.0845. The second kappa shape index (κ2) is 7.20. The second-order valence-electron chi connectivity index (χ2n) is 4.35. The van der Waals surface area contributed by atoms with Crippen molar-refractivity contribution in [2.45, 2.75) is 58.3 Å². The van der Waals surface area contributed by atoms with Crippen molar-refractivity contribution < 1.29 is 9.47 Å². The maximum Gasteiger partial charge on any atom is 0.0784 e. The minimum Gasteiger partial charge on any atom is -0.379 e. The summed E-state index contributed by atoms with van der Waals surface area (Å²) < 4.78 is 11.1. The van der Waals surface area contributed by atoms with Crippen LogP contribution < -0.4 is 5.32 Å². The number of ether oxygens (including phenoxy) is 2. The average Bonchev–Trinajstić information content (AvgIpc) is 2.18. The Kier molecular flexibility index (Phi) is 6.22. The summed E-state index contributed by atoms with van der Waals surface area (Å²) in [4.78, 5) is 0. The molecule has 0 aliphatic heterocycles. The van der Waals surface area contributed by atoms with Gasteiger partial charge in [-0.1, -0.05) is 6.92 Å². The summed E-state index contributed by atoms with van der Waals surface area (Å²) in [5.41, 5.74) is 0. The Balaban J connectivity index is 1.96. The van der Waals surface area contributed by atoms with E-state index in [1.807, 2.05) is 6.92 Å². The second-order valence-corrected chi connectivity index (χ2v) is 4.35. The van der Waals surface area contributed by atoms with Gasteiger partial charge in [-0.25, -0.2) is 0 Å². The lowest BCUT2D eigenvalue weighted by Crippen LogP contribution is -2.47. The van der Waals surface area contributed by atoms with Crippen LogP contribution in [0, 0.1) is 0 Å². The first-order valence-corrected chi connectivity index (χ1v) is 6.22. The zero-order valence-electron chi connectivity index (χ0n) is 10.3.